The average Bonchev–Trinajstić information content (AvgIpc) is 2.73. The lowest BCUT2D eigenvalue weighted by molar-refractivity contribution is -0.120. The van der Waals surface area contributed by atoms with E-state index in [1.807, 2.05) is 24.3 Å². The van der Waals surface area contributed by atoms with Crippen LogP contribution < -0.4 is 0 Å². The number of nitrogens with zero attached hydrogens (tertiary/aromatic N) is 1. The van der Waals surface area contributed by atoms with E-state index in [4.69, 9.17) is 0 Å². The molecule has 0 unspecified atom stereocenters. The van der Waals surface area contributed by atoms with E-state index in [1.54, 1.807) is 0 Å². The van der Waals surface area contributed by atoms with E-state index >= 15 is 0 Å². The van der Waals surface area contributed by atoms with E-state index in [9.17, 15) is 5.11 Å². The summed E-state index contributed by atoms with van der Waals surface area (Å²) >= 11 is 0. The van der Waals surface area contributed by atoms with Gasteiger partial charge in [0.15, 0.2) is 0 Å². The molecule has 1 fully saturated rings. The number of rotatable bonds is 3. The molecule has 27 heavy (non-hydrogen) atoms. The minimum Gasteiger partial charge on any atom is -0.385 e. The third-order valence-corrected chi connectivity index (χ3v) is 6.26. The molecule has 0 saturated carbocycles. The molecule has 2 nitrogen and oxygen atoms in total. The fourth-order valence-corrected chi connectivity index (χ4v) is 4.74. The van der Waals surface area contributed by atoms with Crippen molar-refractivity contribution in [1.82, 2.24) is 4.90 Å². The summed E-state index contributed by atoms with van der Waals surface area (Å²) in [6.45, 7) is 2.18. The standard InChI is InChI=1S/C25H27NO/c1-19-24(21-14-8-4-9-15-21)26(2)23(20-12-6-3-7-13-20)18-25(19,27)22-16-10-5-11-17-22/h3-17,19,23-24,27H,18H2,1-2H3/t19-,23+,24-,25+/m1/s1. The Hall–Kier alpha value is -2.42. The van der Waals surface area contributed by atoms with Gasteiger partial charge in [0.05, 0.1) is 5.60 Å². The molecule has 0 bridgehead atoms. The molecule has 0 amide bonds. The van der Waals surface area contributed by atoms with Gasteiger partial charge in [0.2, 0.25) is 0 Å². The molecular formula is C25H27NO. The lowest BCUT2D eigenvalue weighted by Crippen LogP contribution is -2.50. The second-order valence-corrected chi connectivity index (χ2v) is 7.73. The quantitative estimate of drug-likeness (QED) is 0.685. The lowest BCUT2D eigenvalue weighted by Gasteiger charge is -2.52. The maximum Gasteiger partial charge on any atom is 0.0958 e. The number of likely N-dealkylation sites (tertiary alicyclic amines) is 1. The van der Waals surface area contributed by atoms with Crippen LogP contribution in [0.5, 0.6) is 0 Å². The highest BCUT2D eigenvalue weighted by Gasteiger charge is 2.49. The van der Waals surface area contributed by atoms with Crippen molar-refractivity contribution in [2.24, 2.45) is 5.92 Å². The van der Waals surface area contributed by atoms with Gasteiger partial charge in [-0.25, -0.2) is 0 Å². The predicted octanol–water partition coefficient (Wildman–Crippen LogP) is 5.33. The summed E-state index contributed by atoms with van der Waals surface area (Å²) < 4.78 is 0. The van der Waals surface area contributed by atoms with Crippen LogP contribution in [-0.4, -0.2) is 17.1 Å². The van der Waals surface area contributed by atoms with Crippen LogP contribution in [0.15, 0.2) is 91.0 Å². The summed E-state index contributed by atoms with van der Waals surface area (Å²) in [5, 5.41) is 12.0. The summed E-state index contributed by atoms with van der Waals surface area (Å²) in [6.07, 6.45) is 0.683. The monoisotopic (exact) mass is 357 g/mol. The molecule has 4 rings (SSSR count). The number of benzene rings is 3. The van der Waals surface area contributed by atoms with Crippen LogP contribution in [0.1, 0.15) is 42.1 Å². The number of hydrogen-bond acceptors (Lipinski definition) is 2. The van der Waals surface area contributed by atoms with Gasteiger partial charge < -0.3 is 5.11 Å². The Bertz CT molecular complexity index is 865. The molecule has 3 aromatic carbocycles. The van der Waals surface area contributed by atoms with Crippen molar-refractivity contribution in [2.45, 2.75) is 31.0 Å². The first-order chi connectivity index (χ1) is 13.1. The van der Waals surface area contributed by atoms with Gasteiger partial charge in [0, 0.05) is 24.4 Å². The fraction of sp³-hybridized carbons (Fsp3) is 0.280. The van der Waals surface area contributed by atoms with Crippen LogP contribution in [0, 0.1) is 5.92 Å². The van der Waals surface area contributed by atoms with Crippen molar-refractivity contribution >= 4 is 0 Å². The second-order valence-electron chi connectivity index (χ2n) is 7.73. The van der Waals surface area contributed by atoms with Gasteiger partial charge in [-0.3, -0.25) is 4.90 Å². The first kappa shape index (κ1) is 18.0. The number of piperidine rings is 1. The number of hydrogen-bond donors (Lipinski definition) is 1. The van der Waals surface area contributed by atoms with E-state index in [0.717, 1.165) is 5.56 Å². The zero-order valence-corrected chi connectivity index (χ0v) is 16.0. The van der Waals surface area contributed by atoms with E-state index in [0.29, 0.717) is 6.42 Å². The number of aliphatic hydroxyl groups is 1. The molecule has 138 valence electrons. The Kier molecular flexibility index (Phi) is 4.86. The van der Waals surface area contributed by atoms with Crippen LogP contribution >= 0.6 is 0 Å². The Balaban J connectivity index is 1.84. The molecular weight excluding hydrogens is 330 g/mol. The van der Waals surface area contributed by atoms with Gasteiger partial charge >= 0.3 is 0 Å². The molecule has 0 radical (unpaired) electrons. The first-order valence-electron chi connectivity index (χ1n) is 9.71. The molecule has 1 aliphatic rings. The minimum atomic E-state index is -0.880. The van der Waals surface area contributed by atoms with Gasteiger partial charge in [-0.1, -0.05) is 97.9 Å². The highest BCUT2D eigenvalue weighted by atomic mass is 16.3. The summed E-state index contributed by atoms with van der Waals surface area (Å²) in [4.78, 5) is 2.44. The van der Waals surface area contributed by atoms with Crippen LogP contribution in [-0.2, 0) is 5.60 Å². The largest absolute Gasteiger partial charge is 0.385 e. The summed E-state index contributed by atoms with van der Waals surface area (Å²) in [6, 6.07) is 31.6. The molecule has 0 aromatic heterocycles. The zero-order chi connectivity index (χ0) is 18.9. The summed E-state index contributed by atoms with van der Waals surface area (Å²) in [7, 11) is 2.19. The van der Waals surface area contributed by atoms with Crippen molar-refractivity contribution in [3.8, 4) is 0 Å². The molecule has 1 saturated heterocycles. The Morgan fingerprint density at radius 2 is 1.26 bits per heavy atom. The van der Waals surface area contributed by atoms with Gasteiger partial charge in [0.25, 0.3) is 0 Å². The predicted molar refractivity (Wildman–Crippen MR) is 110 cm³/mol. The van der Waals surface area contributed by atoms with Crippen molar-refractivity contribution in [3.05, 3.63) is 108 Å². The first-order valence-corrected chi connectivity index (χ1v) is 9.71. The molecule has 1 N–H and O–H groups in total. The van der Waals surface area contributed by atoms with Gasteiger partial charge in [-0.15, -0.1) is 0 Å². The molecule has 0 aliphatic carbocycles. The molecule has 4 atom stereocenters. The molecule has 1 heterocycles. The smallest absolute Gasteiger partial charge is 0.0958 e. The van der Waals surface area contributed by atoms with Crippen molar-refractivity contribution in [1.29, 1.82) is 0 Å². The van der Waals surface area contributed by atoms with Crippen LogP contribution in [0.4, 0.5) is 0 Å². The maximum absolute atomic E-state index is 12.0. The SMILES string of the molecule is C[C@@H]1[C@H](c2ccccc2)N(C)[C@H](c2ccccc2)C[C@@]1(O)c1ccccc1. The van der Waals surface area contributed by atoms with E-state index in [-0.39, 0.29) is 18.0 Å². The van der Waals surface area contributed by atoms with Gasteiger partial charge in [-0.05, 0) is 23.7 Å². The highest BCUT2D eigenvalue weighted by Crippen LogP contribution is 2.52. The van der Waals surface area contributed by atoms with Crippen LogP contribution in [0.25, 0.3) is 0 Å². The summed E-state index contributed by atoms with van der Waals surface area (Å²) in [5.74, 6) is 0.0623. The van der Waals surface area contributed by atoms with Crippen LogP contribution in [0.3, 0.4) is 0 Å². The third kappa shape index (κ3) is 3.20. The topological polar surface area (TPSA) is 23.5 Å². The van der Waals surface area contributed by atoms with Crippen molar-refractivity contribution < 1.29 is 5.11 Å². The van der Waals surface area contributed by atoms with Crippen molar-refractivity contribution in [2.75, 3.05) is 7.05 Å². The summed E-state index contributed by atoms with van der Waals surface area (Å²) in [5.41, 5.74) is 2.63. The second kappa shape index (κ2) is 7.30. The van der Waals surface area contributed by atoms with Gasteiger partial charge in [-0.2, -0.15) is 0 Å². The third-order valence-electron chi connectivity index (χ3n) is 6.26. The Labute approximate surface area is 162 Å². The molecule has 0 spiro atoms. The zero-order valence-electron chi connectivity index (χ0n) is 16.0. The molecule has 2 heteroatoms. The lowest BCUT2D eigenvalue weighted by atomic mass is 9.68. The van der Waals surface area contributed by atoms with Crippen molar-refractivity contribution in [3.63, 3.8) is 0 Å². The maximum atomic E-state index is 12.0. The van der Waals surface area contributed by atoms with Gasteiger partial charge in [0.1, 0.15) is 0 Å². The molecule has 1 aliphatic heterocycles. The van der Waals surface area contributed by atoms with E-state index < -0.39 is 5.60 Å². The Morgan fingerprint density at radius 3 is 1.81 bits per heavy atom. The molecule has 3 aromatic rings. The van der Waals surface area contributed by atoms with E-state index in [2.05, 4.69) is 85.6 Å². The van der Waals surface area contributed by atoms with E-state index in [1.165, 1.54) is 11.1 Å². The normalized spacial score (nSPS) is 28.8. The highest BCUT2D eigenvalue weighted by molar-refractivity contribution is 5.32. The minimum absolute atomic E-state index is 0.0623. The average molecular weight is 357 g/mol. The fourth-order valence-electron chi connectivity index (χ4n) is 4.74. The van der Waals surface area contributed by atoms with Crippen LogP contribution in [0.2, 0.25) is 0 Å². The Morgan fingerprint density at radius 1 is 0.778 bits per heavy atom.